The van der Waals surface area contributed by atoms with Gasteiger partial charge >= 0.3 is 0 Å². The Kier molecular flexibility index (Phi) is 7.27. The van der Waals surface area contributed by atoms with E-state index in [0.29, 0.717) is 6.79 Å². The molecule has 1 atom stereocenters. The second-order valence-corrected chi connectivity index (χ2v) is 7.89. The smallest absolute Gasteiger partial charge is 0.231 e. The fourth-order valence-corrected chi connectivity index (χ4v) is 3.97. The summed E-state index contributed by atoms with van der Waals surface area (Å²) in [7, 11) is 1.81. The highest BCUT2D eigenvalue weighted by atomic mass is 16.7. The lowest BCUT2D eigenvalue weighted by Gasteiger charge is -2.35. The molecule has 166 valence electrons. The summed E-state index contributed by atoms with van der Waals surface area (Å²) in [4.78, 5) is 6.90. The lowest BCUT2D eigenvalue weighted by molar-refractivity contribution is 0.0170. The Balaban J connectivity index is 1.32. The molecule has 1 unspecified atom stereocenters. The molecule has 4 rings (SSSR count). The number of hydrogen-bond acceptors (Lipinski definition) is 5. The number of morpholine rings is 1. The van der Waals surface area contributed by atoms with Crippen molar-refractivity contribution in [1.29, 1.82) is 0 Å². The highest BCUT2D eigenvalue weighted by Gasteiger charge is 2.23. The zero-order chi connectivity index (χ0) is 21.5. The van der Waals surface area contributed by atoms with Crippen LogP contribution in [0.4, 0.5) is 0 Å². The summed E-state index contributed by atoms with van der Waals surface area (Å²) in [5.41, 5.74) is 3.80. The Morgan fingerprint density at radius 1 is 1.03 bits per heavy atom. The lowest BCUT2D eigenvalue weighted by atomic mass is 10.0. The van der Waals surface area contributed by atoms with Gasteiger partial charge in [-0.25, -0.2) is 0 Å². The minimum atomic E-state index is 0.275. The van der Waals surface area contributed by atoms with E-state index < -0.39 is 0 Å². The number of ether oxygens (including phenoxy) is 3. The average molecular weight is 425 g/mol. The number of aliphatic imine (C=N–C) groups is 1. The van der Waals surface area contributed by atoms with E-state index in [9.17, 15) is 0 Å². The maximum atomic E-state index is 5.56. The van der Waals surface area contributed by atoms with Gasteiger partial charge in [0.25, 0.3) is 0 Å². The van der Waals surface area contributed by atoms with E-state index in [4.69, 9.17) is 14.2 Å². The number of nitrogens with zero attached hydrogens (tertiary/aromatic N) is 2. The summed E-state index contributed by atoms with van der Waals surface area (Å²) in [6.45, 7) is 7.44. The normalized spacial score (nSPS) is 17.4. The quantitative estimate of drug-likeness (QED) is 0.526. The highest BCUT2D eigenvalue weighted by Crippen LogP contribution is 2.32. The molecule has 2 heterocycles. The number of nitrogens with one attached hydrogen (secondary N) is 2. The third-order valence-electron chi connectivity index (χ3n) is 5.78. The SMILES string of the molecule is CN=C(NCCc1ccc2c(c1)OCO2)NCC(c1ccc(C)cc1)N1CCOCC1. The van der Waals surface area contributed by atoms with Crippen molar-refractivity contribution in [3.63, 3.8) is 0 Å². The van der Waals surface area contributed by atoms with Crippen molar-refractivity contribution in [2.75, 3.05) is 53.2 Å². The molecule has 0 aromatic heterocycles. The van der Waals surface area contributed by atoms with Gasteiger partial charge in [0.15, 0.2) is 17.5 Å². The van der Waals surface area contributed by atoms with Gasteiger partial charge in [0.1, 0.15) is 0 Å². The molecule has 2 aromatic carbocycles. The van der Waals surface area contributed by atoms with E-state index in [1.54, 1.807) is 0 Å². The topological polar surface area (TPSA) is 67.4 Å². The van der Waals surface area contributed by atoms with E-state index in [-0.39, 0.29) is 6.04 Å². The van der Waals surface area contributed by atoms with Crippen LogP contribution in [-0.4, -0.2) is 64.1 Å². The zero-order valence-electron chi connectivity index (χ0n) is 18.4. The van der Waals surface area contributed by atoms with E-state index in [1.165, 1.54) is 16.7 Å². The van der Waals surface area contributed by atoms with Gasteiger partial charge in [-0.05, 0) is 36.6 Å². The summed E-state index contributed by atoms with van der Waals surface area (Å²) in [5.74, 6) is 2.46. The fourth-order valence-electron chi connectivity index (χ4n) is 3.97. The Bertz CT molecular complexity index is 879. The van der Waals surface area contributed by atoms with Crippen LogP contribution in [0.5, 0.6) is 11.5 Å². The molecule has 7 nitrogen and oxygen atoms in total. The van der Waals surface area contributed by atoms with Crippen molar-refractivity contribution in [2.24, 2.45) is 4.99 Å². The molecule has 2 N–H and O–H groups in total. The molecule has 0 bridgehead atoms. The molecule has 0 spiro atoms. The third-order valence-corrected chi connectivity index (χ3v) is 5.78. The van der Waals surface area contributed by atoms with Crippen LogP contribution in [-0.2, 0) is 11.2 Å². The molecule has 31 heavy (non-hydrogen) atoms. The molecule has 0 amide bonds. The van der Waals surface area contributed by atoms with E-state index in [2.05, 4.69) is 57.8 Å². The van der Waals surface area contributed by atoms with Gasteiger partial charge in [-0.2, -0.15) is 0 Å². The summed E-state index contributed by atoms with van der Waals surface area (Å²) in [6.07, 6.45) is 0.877. The van der Waals surface area contributed by atoms with Gasteiger partial charge in [-0.1, -0.05) is 35.9 Å². The fraction of sp³-hybridized carbons (Fsp3) is 0.458. The molecule has 2 aliphatic heterocycles. The van der Waals surface area contributed by atoms with Gasteiger partial charge in [0.05, 0.1) is 19.3 Å². The molecule has 7 heteroatoms. The van der Waals surface area contributed by atoms with Crippen LogP contribution in [0.25, 0.3) is 0 Å². The number of hydrogen-bond donors (Lipinski definition) is 2. The number of benzene rings is 2. The van der Waals surface area contributed by atoms with Crippen LogP contribution in [0.2, 0.25) is 0 Å². The monoisotopic (exact) mass is 424 g/mol. The Hall–Kier alpha value is -2.77. The molecule has 0 aliphatic carbocycles. The lowest BCUT2D eigenvalue weighted by Crippen LogP contribution is -2.46. The van der Waals surface area contributed by atoms with Crippen molar-refractivity contribution in [2.45, 2.75) is 19.4 Å². The summed E-state index contributed by atoms with van der Waals surface area (Å²) in [5, 5.41) is 6.95. The molecule has 1 saturated heterocycles. The molecular formula is C24H32N4O3. The first-order valence-corrected chi connectivity index (χ1v) is 10.9. The highest BCUT2D eigenvalue weighted by molar-refractivity contribution is 5.79. The first-order chi connectivity index (χ1) is 15.2. The minimum Gasteiger partial charge on any atom is -0.454 e. The summed E-state index contributed by atoms with van der Waals surface area (Å²) in [6, 6.07) is 15.2. The minimum absolute atomic E-state index is 0.275. The second kappa shape index (κ2) is 10.5. The maximum Gasteiger partial charge on any atom is 0.231 e. The average Bonchev–Trinajstić information content (AvgIpc) is 3.28. The van der Waals surface area contributed by atoms with E-state index >= 15 is 0 Å². The van der Waals surface area contributed by atoms with Crippen molar-refractivity contribution in [3.05, 3.63) is 59.2 Å². The largest absolute Gasteiger partial charge is 0.454 e. The number of fused-ring (bicyclic) bond motifs is 1. The summed E-state index contributed by atoms with van der Waals surface area (Å²) < 4.78 is 16.4. The van der Waals surface area contributed by atoms with Crippen LogP contribution in [0.3, 0.4) is 0 Å². The molecule has 0 radical (unpaired) electrons. The predicted molar refractivity (Wildman–Crippen MR) is 122 cm³/mol. The van der Waals surface area contributed by atoms with Crippen molar-refractivity contribution >= 4 is 5.96 Å². The van der Waals surface area contributed by atoms with E-state index in [0.717, 1.165) is 63.3 Å². The Labute approximate surface area is 184 Å². The van der Waals surface area contributed by atoms with Crippen LogP contribution in [0.15, 0.2) is 47.5 Å². The standard InChI is InChI=1S/C24H32N4O3/c1-18-3-6-20(7-4-18)21(28-11-13-29-14-12-28)16-27-24(25-2)26-10-9-19-5-8-22-23(15-19)31-17-30-22/h3-8,15,21H,9-14,16-17H2,1-2H3,(H2,25,26,27). The van der Waals surface area contributed by atoms with Crippen molar-refractivity contribution in [3.8, 4) is 11.5 Å². The van der Waals surface area contributed by atoms with Crippen LogP contribution < -0.4 is 20.1 Å². The molecule has 2 aliphatic rings. The van der Waals surface area contributed by atoms with Crippen molar-refractivity contribution in [1.82, 2.24) is 15.5 Å². The summed E-state index contributed by atoms with van der Waals surface area (Å²) >= 11 is 0. The molecular weight excluding hydrogens is 392 g/mol. The Morgan fingerprint density at radius 3 is 2.58 bits per heavy atom. The van der Waals surface area contributed by atoms with Gasteiger partial charge in [-0.3, -0.25) is 9.89 Å². The van der Waals surface area contributed by atoms with Crippen LogP contribution in [0.1, 0.15) is 22.7 Å². The number of aryl methyl sites for hydroxylation is 1. The second-order valence-electron chi connectivity index (χ2n) is 7.89. The zero-order valence-corrected chi connectivity index (χ0v) is 18.4. The van der Waals surface area contributed by atoms with Gasteiger partial charge in [0, 0.05) is 33.2 Å². The number of guanidine groups is 1. The third kappa shape index (κ3) is 5.68. The molecule has 0 saturated carbocycles. The van der Waals surface area contributed by atoms with Crippen LogP contribution >= 0.6 is 0 Å². The molecule has 1 fully saturated rings. The number of rotatable bonds is 7. The van der Waals surface area contributed by atoms with Gasteiger partial charge in [0.2, 0.25) is 6.79 Å². The first kappa shape index (κ1) is 21.5. The van der Waals surface area contributed by atoms with E-state index in [1.807, 2.05) is 19.2 Å². The maximum absolute atomic E-state index is 5.56. The van der Waals surface area contributed by atoms with Gasteiger partial charge in [-0.15, -0.1) is 0 Å². The van der Waals surface area contributed by atoms with Crippen molar-refractivity contribution < 1.29 is 14.2 Å². The molecule has 2 aromatic rings. The predicted octanol–water partition coefficient (Wildman–Crippen LogP) is 2.50. The Morgan fingerprint density at radius 2 is 1.81 bits per heavy atom. The first-order valence-electron chi connectivity index (χ1n) is 10.9. The van der Waals surface area contributed by atoms with Crippen LogP contribution in [0, 0.1) is 6.92 Å². The van der Waals surface area contributed by atoms with Gasteiger partial charge < -0.3 is 24.8 Å².